The molecule has 5 aliphatic heterocycles. The zero-order valence-corrected chi connectivity index (χ0v) is 38.7. The predicted octanol–water partition coefficient (Wildman–Crippen LogP) is 5.81. The summed E-state index contributed by atoms with van der Waals surface area (Å²) in [6.45, 7) is 14.6. The number of nitrogens with one attached hydrogen (secondary N) is 2. The minimum atomic E-state index is -0.586. The minimum Gasteiger partial charge on any atom is -0.370 e. The number of hydrogen-bond acceptors (Lipinski definition) is 10. The fraction of sp³-hybridized carbons (Fsp3) is 0.667. The van der Waals surface area contributed by atoms with Gasteiger partial charge in [-0.15, -0.1) is 6.58 Å². The van der Waals surface area contributed by atoms with E-state index in [0.717, 1.165) is 119 Å². The van der Waals surface area contributed by atoms with Crippen LogP contribution >= 0.6 is 10.9 Å². The number of benzene rings is 1. The van der Waals surface area contributed by atoms with Gasteiger partial charge in [-0.1, -0.05) is 42.8 Å². The molecule has 10 rings (SSSR count). The van der Waals surface area contributed by atoms with Gasteiger partial charge in [0.05, 0.1) is 22.1 Å². The van der Waals surface area contributed by atoms with Crippen LogP contribution < -0.4 is 26.1 Å². The highest BCUT2D eigenvalue weighted by Gasteiger charge is 2.62. The smallest absolute Gasteiger partial charge is 0.329 e. The molecule has 6 fully saturated rings. The number of carbonyl (C=O) groups is 2. The second kappa shape index (κ2) is 17.1. The van der Waals surface area contributed by atoms with Crippen LogP contribution in [0.1, 0.15) is 108 Å². The van der Waals surface area contributed by atoms with Gasteiger partial charge in [0.1, 0.15) is 11.9 Å². The van der Waals surface area contributed by atoms with Gasteiger partial charge in [0, 0.05) is 89.3 Å². The van der Waals surface area contributed by atoms with Crippen molar-refractivity contribution in [2.45, 2.75) is 126 Å². The number of fused-ring (bicyclic) bond motifs is 3. The summed E-state index contributed by atoms with van der Waals surface area (Å²) in [5.41, 5.74) is 3.60. The van der Waals surface area contributed by atoms with E-state index in [0.29, 0.717) is 36.7 Å². The number of likely N-dealkylation sites (N-methyl/N-ethyl adjacent to an activating group) is 1. The highest BCUT2D eigenvalue weighted by atomic mass is 32.2. The Bertz CT molecular complexity index is 2320. The normalized spacial score (nSPS) is 26.3. The maximum absolute atomic E-state index is 13.7. The van der Waals surface area contributed by atoms with Gasteiger partial charge in [-0.25, -0.2) is 18.4 Å². The van der Waals surface area contributed by atoms with Gasteiger partial charge in [0.25, 0.3) is 0 Å². The highest BCUT2D eigenvalue weighted by molar-refractivity contribution is 8.10. The quantitative estimate of drug-likeness (QED) is 0.161. The Hall–Kier alpha value is -4.05. The highest BCUT2D eigenvalue weighted by Crippen LogP contribution is 2.58. The van der Waals surface area contributed by atoms with Gasteiger partial charge in [-0.3, -0.25) is 28.5 Å². The Morgan fingerprint density at radius 2 is 1.76 bits per heavy atom. The predicted molar refractivity (Wildman–Crippen MR) is 255 cm³/mol. The van der Waals surface area contributed by atoms with Crippen LogP contribution in [0.15, 0.2) is 41.8 Å². The first kappa shape index (κ1) is 42.9. The zero-order valence-electron chi connectivity index (χ0n) is 37.9. The summed E-state index contributed by atoms with van der Waals surface area (Å²) < 4.78 is 8.66. The van der Waals surface area contributed by atoms with Crippen molar-refractivity contribution >= 4 is 57.0 Å². The number of nitrogens with zero attached hydrogens (tertiary/aromatic N) is 9. The molecule has 2 spiro atoms. The van der Waals surface area contributed by atoms with Crippen molar-refractivity contribution < 1.29 is 9.59 Å². The number of aromatic nitrogens is 4. The summed E-state index contributed by atoms with van der Waals surface area (Å²) in [5, 5.41) is 6.46. The van der Waals surface area contributed by atoms with Gasteiger partial charge in [-0.05, 0) is 113 Å². The first-order valence-electron chi connectivity index (χ1n) is 24.1. The number of piperidine rings is 3. The van der Waals surface area contributed by atoms with Gasteiger partial charge in [0.15, 0.2) is 0 Å². The largest absolute Gasteiger partial charge is 0.370 e. The molecule has 1 aromatic carbocycles. The van der Waals surface area contributed by atoms with Gasteiger partial charge in [-0.2, -0.15) is 4.98 Å². The van der Waals surface area contributed by atoms with E-state index in [1.807, 2.05) is 25.4 Å². The summed E-state index contributed by atoms with van der Waals surface area (Å²) in [7, 11) is 3.31. The number of allylic oxidation sites excluding steroid dienone is 1. The Balaban J connectivity index is 0.729. The first-order chi connectivity index (χ1) is 30.6. The SMILES string of the molecule is C=CCCC(C(=O)NC)n1c(=O)n(C)c2c(N3CCC(CN4CCCCC45CN(S(=C)N4CCC(Nc6ncc7c(n6)N(C6CCCC6C)C(=O)C76CC6)CC4)C5)CC3)cccc21. The topological polar surface area (TPSA) is 127 Å². The number of para-hydroxylation sites is 1. The van der Waals surface area contributed by atoms with Crippen molar-refractivity contribution in [2.24, 2.45) is 18.9 Å². The molecule has 14 nitrogen and oxygen atoms in total. The van der Waals surface area contributed by atoms with Crippen LogP contribution in [-0.2, 0) is 22.1 Å². The summed E-state index contributed by atoms with van der Waals surface area (Å²) in [5.74, 6) is 7.57. The van der Waals surface area contributed by atoms with Crippen molar-refractivity contribution in [3.05, 3.63) is 53.1 Å². The zero-order chi connectivity index (χ0) is 43.6. The van der Waals surface area contributed by atoms with Gasteiger partial charge >= 0.3 is 5.69 Å². The van der Waals surface area contributed by atoms with Crippen LogP contribution in [0.5, 0.6) is 0 Å². The molecule has 2 N–H and O–H groups in total. The van der Waals surface area contributed by atoms with Crippen molar-refractivity contribution in [1.82, 2.24) is 37.9 Å². The standard InChI is InChI=1S/C48H69N11O3S/c1-6-7-13-40(43(60)49-3)58-39-16-11-15-38(41(39)53(4)46(58)62)54-25-17-34(18-26-54)30-55-24-9-8-21-47(55)31-57(32-47)63(5)56-27-19-35(20-28-56)51-45-50-29-36-42(52-45)59(37-14-10-12-33(37)2)44(61)48(36)22-23-48/h6,11,15-16,29,33-35,37,40H,1,5,7-10,12-14,17-28,30-32H2,2-4H3,(H,49,60)(H,50,51,52). The maximum Gasteiger partial charge on any atom is 0.329 e. The summed E-state index contributed by atoms with van der Waals surface area (Å²) >= 11 is 0. The minimum absolute atomic E-state index is 0.156. The summed E-state index contributed by atoms with van der Waals surface area (Å²) in [6.07, 6.45) is 18.4. The molecule has 63 heavy (non-hydrogen) atoms. The Morgan fingerprint density at radius 1 is 0.984 bits per heavy atom. The molecule has 2 aliphatic carbocycles. The van der Waals surface area contributed by atoms with Crippen molar-refractivity contribution in [2.75, 3.05) is 74.5 Å². The van der Waals surface area contributed by atoms with Crippen LogP contribution in [0.25, 0.3) is 11.0 Å². The molecule has 7 aliphatic rings. The third kappa shape index (κ3) is 7.46. The Morgan fingerprint density at radius 3 is 2.46 bits per heavy atom. The van der Waals surface area contributed by atoms with Crippen LogP contribution in [0.2, 0.25) is 0 Å². The third-order valence-corrected chi connectivity index (χ3v) is 18.2. The van der Waals surface area contributed by atoms with E-state index in [1.165, 1.54) is 38.6 Å². The van der Waals surface area contributed by atoms with E-state index in [2.05, 4.69) is 53.5 Å². The second-order valence-electron chi connectivity index (χ2n) is 20.1. The molecule has 2 aromatic heterocycles. The average molecular weight is 880 g/mol. The molecule has 7 heterocycles. The summed E-state index contributed by atoms with van der Waals surface area (Å²) in [6, 6.07) is 6.13. The fourth-order valence-corrected chi connectivity index (χ4v) is 14.1. The van der Waals surface area contributed by atoms with Crippen LogP contribution in [-0.4, -0.2) is 127 Å². The number of hydrogen-bond donors (Lipinski definition) is 2. The third-order valence-electron chi connectivity index (χ3n) is 16.4. The lowest BCUT2D eigenvalue weighted by Crippen LogP contribution is -2.71. The van der Waals surface area contributed by atoms with E-state index in [1.54, 1.807) is 22.3 Å². The average Bonchev–Trinajstić information content (AvgIpc) is 3.86. The molecule has 4 saturated heterocycles. The van der Waals surface area contributed by atoms with E-state index in [4.69, 9.17) is 15.8 Å². The Labute approximate surface area is 375 Å². The molecule has 2 saturated carbocycles. The van der Waals surface area contributed by atoms with Crippen LogP contribution in [0, 0.1) is 11.8 Å². The summed E-state index contributed by atoms with van der Waals surface area (Å²) in [4.78, 5) is 57.7. The fourth-order valence-electron chi connectivity index (χ4n) is 12.4. The number of aryl methyl sites for hydroxylation is 1. The molecule has 4 unspecified atom stereocenters. The number of imidazole rings is 1. The number of anilines is 3. The molecule has 3 aromatic rings. The molecule has 4 atom stereocenters. The Kier molecular flexibility index (Phi) is 11.6. The number of carbonyl (C=O) groups excluding carboxylic acids is 2. The van der Waals surface area contributed by atoms with Crippen LogP contribution in [0.4, 0.5) is 17.5 Å². The molecule has 340 valence electrons. The van der Waals surface area contributed by atoms with E-state index in [9.17, 15) is 14.4 Å². The lowest BCUT2D eigenvalue weighted by molar-refractivity contribution is -0.124. The molecular formula is C48H69N11O3S. The molecule has 15 heteroatoms. The number of likely N-dealkylation sites (tertiary alicyclic amines) is 1. The lowest BCUT2D eigenvalue weighted by atomic mass is 9.80. The van der Waals surface area contributed by atoms with Crippen molar-refractivity contribution in [3.8, 4) is 0 Å². The lowest BCUT2D eigenvalue weighted by Gasteiger charge is -2.60. The molecular weight excluding hydrogens is 811 g/mol. The number of amides is 2. The van der Waals surface area contributed by atoms with Crippen molar-refractivity contribution in [3.63, 3.8) is 0 Å². The van der Waals surface area contributed by atoms with Gasteiger partial charge < -0.3 is 15.5 Å². The molecule has 2 amide bonds. The molecule has 0 bridgehead atoms. The number of rotatable bonds is 13. The van der Waals surface area contributed by atoms with E-state index >= 15 is 0 Å². The van der Waals surface area contributed by atoms with Crippen molar-refractivity contribution in [1.29, 1.82) is 0 Å². The molecule has 0 radical (unpaired) electrons. The van der Waals surface area contributed by atoms with E-state index in [-0.39, 0.29) is 45.4 Å². The maximum atomic E-state index is 13.7. The second-order valence-corrected chi connectivity index (χ2v) is 21.8. The van der Waals surface area contributed by atoms with Crippen LogP contribution in [0.3, 0.4) is 0 Å². The van der Waals surface area contributed by atoms with Gasteiger partial charge in [0.2, 0.25) is 17.8 Å². The monoisotopic (exact) mass is 880 g/mol. The first-order valence-corrected chi connectivity index (χ1v) is 25.4. The van der Waals surface area contributed by atoms with E-state index < -0.39 is 6.04 Å².